The molecule has 0 aliphatic carbocycles. The number of hydrogen-bond acceptors (Lipinski definition) is 7. The van der Waals surface area contributed by atoms with Gasteiger partial charge < -0.3 is 15.0 Å². The lowest BCUT2D eigenvalue weighted by atomic mass is 10.2. The molecule has 2 atom stereocenters. The molecule has 0 spiro atoms. The number of nitrogens with zero attached hydrogens (tertiary/aromatic N) is 5. The predicted molar refractivity (Wildman–Crippen MR) is 117 cm³/mol. The first-order chi connectivity index (χ1) is 15.0. The molecule has 3 aromatic rings. The van der Waals surface area contributed by atoms with E-state index >= 15 is 0 Å². The van der Waals surface area contributed by atoms with E-state index in [1.165, 1.54) is 4.68 Å². The van der Waals surface area contributed by atoms with Gasteiger partial charge in [-0.3, -0.25) is 9.59 Å². The van der Waals surface area contributed by atoms with Crippen LogP contribution in [0.25, 0.3) is 10.9 Å². The van der Waals surface area contributed by atoms with Crippen molar-refractivity contribution < 1.29 is 9.53 Å². The molecule has 0 unspecified atom stereocenters. The molecule has 9 nitrogen and oxygen atoms in total. The van der Waals surface area contributed by atoms with Gasteiger partial charge in [-0.05, 0) is 37.6 Å². The minimum atomic E-state index is -0.245. The highest BCUT2D eigenvalue weighted by atomic mass is 16.5. The monoisotopic (exact) mass is 422 g/mol. The van der Waals surface area contributed by atoms with Gasteiger partial charge in [-0.15, -0.1) is 5.10 Å². The third-order valence-corrected chi connectivity index (χ3v) is 5.22. The van der Waals surface area contributed by atoms with Crippen LogP contribution in [0.3, 0.4) is 0 Å². The van der Waals surface area contributed by atoms with Crippen molar-refractivity contribution in [3.05, 3.63) is 58.5 Å². The number of carbonyl (C=O) groups excluding carboxylic acids is 1. The number of hydrogen-bond donors (Lipinski definition) is 1. The number of benzene rings is 1. The Labute approximate surface area is 180 Å². The fraction of sp³-hybridized carbons (Fsp3) is 0.409. The summed E-state index contributed by atoms with van der Waals surface area (Å²) in [5.41, 5.74) is 1.21. The maximum atomic E-state index is 12.4. The average Bonchev–Trinajstić information content (AvgIpc) is 2.77. The van der Waals surface area contributed by atoms with E-state index in [2.05, 4.69) is 39.4 Å². The van der Waals surface area contributed by atoms with Crippen LogP contribution in [-0.4, -0.2) is 51.2 Å². The van der Waals surface area contributed by atoms with Crippen LogP contribution < -0.4 is 15.8 Å². The van der Waals surface area contributed by atoms with Crippen LogP contribution in [0.1, 0.15) is 25.8 Å². The van der Waals surface area contributed by atoms with Crippen LogP contribution in [0.4, 0.5) is 5.82 Å². The summed E-state index contributed by atoms with van der Waals surface area (Å²) in [6.07, 6.45) is 2.26. The minimum absolute atomic E-state index is 0.141. The molecular formula is C22H26N6O3. The van der Waals surface area contributed by atoms with Crippen LogP contribution in [-0.2, 0) is 22.6 Å². The van der Waals surface area contributed by atoms with E-state index in [0.717, 1.165) is 24.5 Å². The molecule has 1 amide bonds. The smallest absolute Gasteiger partial charge is 0.277 e. The summed E-state index contributed by atoms with van der Waals surface area (Å²) in [7, 11) is 0. The molecule has 1 fully saturated rings. The molecule has 0 saturated carbocycles. The van der Waals surface area contributed by atoms with Gasteiger partial charge in [0.05, 0.1) is 24.1 Å². The Balaban J connectivity index is 1.29. The molecule has 9 heteroatoms. The number of ether oxygens (including phenoxy) is 1. The van der Waals surface area contributed by atoms with Crippen molar-refractivity contribution >= 4 is 22.6 Å². The van der Waals surface area contributed by atoms with Crippen LogP contribution >= 0.6 is 0 Å². The fourth-order valence-corrected chi connectivity index (χ4v) is 3.74. The third-order valence-electron chi connectivity index (χ3n) is 5.22. The second-order valence-electron chi connectivity index (χ2n) is 7.85. The number of anilines is 1. The van der Waals surface area contributed by atoms with Gasteiger partial charge in [-0.1, -0.05) is 23.4 Å². The third kappa shape index (κ3) is 5.05. The summed E-state index contributed by atoms with van der Waals surface area (Å²) in [5.74, 6) is 0.744. The van der Waals surface area contributed by atoms with Gasteiger partial charge in [-0.25, -0.2) is 9.67 Å². The first-order valence-corrected chi connectivity index (χ1v) is 10.4. The van der Waals surface area contributed by atoms with Gasteiger partial charge in [0, 0.05) is 32.3 Å². The zero-order valence-electron chi connectivity index (χ0n) is 17.7. The van der Waals surface area contributed by atoms with E-state index in [1.807, 2.05) is 12.1 Å². The number of carbonyl (C=O) groups is 1. The number of aromatic nitrogens is 4. The number of nitrogens with one attached hydrogen (secondary N) is 1. The Hall–Kier alpha value is -3.33. The maximum Gasteiger partial charge on any atom is 0.277 e. The molecule has 1 saturated heterocycles. The topological polar surface area (TPSA) is 102 Å². The zero-order chi connectivity index (χ0) is 21.8. The van der Waals surface area contributed by atoms with Gasteiger partial charge >= 0.3 is 0 Å². The quantitative estimate of drug-likeness (QED) is 0.642. The van der Waals surface area contributed by atoms with E-state index in [9.17, 15) is 9.59 Å². The molecule has 2 aromatic heterocycles. The number of fused-ring (bicyclic) bond motifs is 1. The summed E-state index contributed by atoms with van der Waals surface area (Å²) < 4.78 is 6.99. The van der Waals surface area contributed by atoms with Gasteiger partial charge in [0.15, 0.2) is 0 Å². The molecule has 31 heavy (non-hydrogen) atoms. The number of amides is 1. The fourth-order valence-electron chi connectivity index (χ4n) is 3.74. The van der Waals surface area contributed by atoms with E-state index in [0.29, 0.717) is 17.4 Å². The highest BCUT2D eigenvalue weighted by Gasteiger charge is 2.23. The van der Waals surface area contributed by atoms with Gasteiger partial charge in [0.1, 0.15) is 11.3 Å². The maximum absolute atomic E-state index is 12.4. The molecule has 1 aliphatic heterocycles. The lowest BCUT2D eigenvalue weighted by molar-refractivity contribution is -0.121. The first kappa shape index (κ1) is 20.9. The number of aryl methyl sites for hydroxylation is 1. The first-order valence-electron chi connectivity index (χ1n) is 10.4. The van der Waals surface area contributed by atoms with Crippen molar-refractivity contribution in [2.24, 2.45) is 0 Å². The Morgan fingerprint density at radius 1 is 1.16 bits per heavy atom. The van der Waals surface area contributed by atoms with Crippen LogP contribution in [0.5, 0.6) is 0 Å². The van der Waals surface area contributed by atoms with E-state index in [-0.39, 0.29) is 36.6 Å². The van der Waals surface area contributed by atoms with Gasteiger partial charge in [0.2, 0.25) is 5.91 Å². The predicted octanol–water partition coefficient (Wildman–Crippen LogP) is 1.51. The molecule has 4 rings (SSSR count). The Morgan fingerprint density at radius 2 is 1.94 bits per heavy atom. The van der Waals surface area contributed by atoms with E-state index in [4.69, 9.17) is 4.74 Å². The van der Waals surface area contributed by atoms with Crippen molar-refractivity contribution in [2.75, 3.05) is 18.0 Å². The Kier molecular flexibility index (Phi) is 6.22. The number of morpholine rings is 1. The van der Waals surface area contributed by atoms with E-state index in [1.54, 1.807) is 30.5 Å². The lowest BCUT2D eigenvalue weighted by Crippen LogP contribution is -2.45. The van der Waals surface area contributed by atoms with Crippen molar-refractivity contribution in [3.63, 3.8) is 0 Å². The second kappa shape index (κ2) is 9.22. The molecular weight excluding hydrogens is 396 g/mol. The molecule has 1 N–H and O–H groups in total. The number of pyridine rings is 1. The van der Waals surface area contributed by atoms with Crippen molar-refractivity contribution in [2.45, 2.75) is 45.6 Å². The minimum Gasteiger partial charge on any atom is -0.372 e. The normalized spacial score (nSPS) is 18.8. The van der Waals surface area contributed by atoms with Crippen molar-refractivity contribution in [3.8, 4) is 0 Å². The van der Waals surface area contributed by atoms with Crippen LogP contribution in [0.2, 0.25) is 0 Å². The SMILES string of the molecule is C[C@@H]1CN(c2ccc(CNC(=O)CCn3nnc4ccccc4c3=O)cn2)C[C@@H](C)O1. The highest BCUT2D eigenvalue weighted by molar-refractivity contribution is 5.77. The van der Waals surface area contributed by atoms with Crippen LogP contribution in [0.15, 0.2) is 47.4 Å². The Morgan fingerprint density at radius 3 is 2.68 bits per heavy atom. The largest absolute Gasteiger partial charge is 0.372 e. The van der Waals surface area contributed by atoms with Gasteiger partial charge in [-0.2, -0.15) is 0 Å². The Bertz CT molecular complexity index is 1100. The number of rotatable bonds is 6. The van der Waals surface area contributed by atoms with Crippen molar-refractivity contribution in [1.82, 2.24) is 25.3 Å². The highest BCUT2D eigenvalue weighted by Crippen LogP contribution is 2.18. The standard InChI is InChI=1S/C22H26N6O3/c1-15-13-27(14-16(2)31-15)20-8-7-17(11-23-20)12-24-21(29)9-10-28-22(30)18-5-3-4-6-19(18)25-26-28/h3-8,11,15-16H,9-10,12-14H2,1-2H3,(H,24,29)/t15-,16-/m1/s1. The molecule has 1 aromatic carbocycles. The summed E-state index contributed by atoms with van der Waals surface area (Å²) in [6, 6.07) is 11.0. The molecule has 0 radical (unpaired) electrons. The van der Waals surface area contributed by atoms with Crippen molar-refractivity contribution in [1.29, 1.82) is 0 Å². The molecule has 162 valence electrons. The average molecular weight is 422 g/mol. The zero-order valence-corrected chi connectivity index (χ0v) is 17.7. The summed E-state index contributed by atoms with van der Waals surface area (Å²) in [5, 5.41) is 11.3. The van der Waals surface area contributed by atoms with Crippen LogP contribution in [0, 0.1) is 0 Å². The second-order valence-corrected chi connectivity index (χ2v) is 7.85. The molecule has 1 aliphatic rings. The summed E-state index contributed by atoms with van der Waals surface area (Å²) >= 11 is 0. The molecule has 3 heterocycles. The summed E-state index contributed by atoms with van der Waals surface area (Å²) in [4.78, 5) is 31.4. The molecule has 0 bridgehead atoms. The summed E-state index contributed by atoms with van der Waals surface area (Å²) in [6.45, 7) is 6.29. The van der Waals surface area contributed by atoms with Gasteiger partial charge in [0.25, 0.3) is 5.56 Å². The lowest BCUT2D eigenvalue weighted by Gasteiger charge is -2.36. The van der Waals surface area contributed by atoms with E-state index < -0.39 is 0 Å².